The predicted octanol–water partition coefficient (Wildman–Crippen LogP) is 2.95. The van der Waals surface area contributed by atoms with Crippen LogP contribution in [-0.2, 0) is 0 Å². The Kier molecular flexibility index (Phi) is 5.48. The van der Waals surface area contributed by atoms with E-state index in [9.17, 15) is 14.4 Å². The molecule has 152 valence electrons. The Morgan fingerprint density at radius 1 is 0.800 bits per heavy atom. The number of carbonyl (C=O) groups excluding carboxylic acids is 2. The van der Waals surface area contributed by atoms with Gasteiger partial charge in [-0.3, -0.25) is 14.4 Å². The molecule has 0 atom stereocenters. The Bertz CT molecular complexity index is 1130. The summed E-state index contributed by atoms with van der Waals surface area (Å²) < 4.78 is 0. The monoisotopic (exact) mass is 401 g/mol. The van der Waals surface area contributed by atoms with E-state index in [0.717, 1.165) is 11.1 Å². The van der Waals surface area contributed by atoms with Gasteiger partial charge in [-0.1, -0.05) is 42.0 Å². The molecule has 1 aliphatic rings. The number of pyridine rings is 1. The molecule has 1 aliphatic heterocycles. The summed E-state index contributed by atoms with van der Waals surface area (Å²) in [5.74, 6) is -0.345. The Labute approximate surface area is 174 Å². The van der Waals surface area contributed by atoms with E-state index < -0.39 is 5.56 Å². The Hall–Kier alpha value is -3.67. The molecule has 0 radical (unpaired) electrons. The first kappa shape index (κ1) is 19.6. The van der Waals surface area contributed by atoms with Crippen molar-refractivity contribution in [3.05, 3.63) is 93.8 Å². The summed E-state index contributed by atoms with van der Waals surface area (Å²) in [4.78, 5) is 44.2. The third-order valence-electron chi connectivity index (χ3n) is 5.34. The zero-order valence-electron chi connectivity index (χ0n) is 16.8. The molecule has 1 fully saturated rings. The van der Waals surface area contributed by atoms with E-state index in [0.29, 0.717) is 37.4 Å². The van der Waals surface area contributed by atoms with E-state index in [4.69, 9.17) is 0 Å². The first-order valence-corrected chi connectivity index (χ1v) is 9.97. The minimum Gasteiger partial charge on any atom is -0.335 e. The van der Waals surface area contributed by atoms with Crippen molar-refractivity contribution < 1.29 is 9.59 Å². The zero-order valence-corrected chi connectivity index (χ0v) is 16.8. The van der Waals surface area contributed by atoms with Crippen molar-refractivity contribution in [3.8, 4) is 11.3 Å². The van der Waals surface area contributed by atoms with E-state index in [-0.39, 0.29) is 17.4 Å². The number of hydrogen-bond donors (Lipinski definition) is 1. The van der Waals surface area contributed by atoms with Crippen LogP contribution < -0.4 is 5.56 Å². The first-order valence-electron chi connectivity index (χ1n) is 9.97. The zero-order chi connectivity index (χ0) is 21.1. The third-order valence-corrected chi connectivity index (χ3v) is 5.34. The fourth-order valence-electron chi connectivity index (χ4n) is 3.67. The molecule has 1 N–H and O–H groups in total. The average molecular weight is 401 g/mol. The van der Waals surface area contributed by atoms with Gasteiger partial charge in [0.25, 0.3) is 17.4 Å². The van der Waals surface area contributed by atoms with E-state index >= 15 is 0 Å². The van der Waals surface area contributed by atoms with Crippen LogP contribution in [0.2, 0.25) is 0 Å². The highest BCUT2D eigenvalue weighted by Crippen LogP contribution is 2.17. The van der Waals surface area contributed by atoms with Crippen molar-refractivity contribution in [2.75, 3.05) is 26.2 Å². The van der Waals surface area contributed by atoms with Gasteiger partial charge in [-0.15, -0.1) is 0 Å². The van der Waals surface area contributed by atoms with E-state index in [1.54, 1.807) is 34.1 Å². The highest BCUT2D eigenvalue weighted by molar-refractivity contribution is 5.96. The molecule has 6 heteroatoms. The van der Waals surface area contributed by atoms with Crippen LogP contribution in [0.15, 0.2) is 71.5 Å². The number of nitrogens with one attached hydrogen (secondary N) is 1. The van der Waals surface area contributed by atoms with Gasteiger partial charge >= 0.3 is 0 Å². The number of aromatic amines is 1. The van der Waals surface area contributed by atoms with Gasteiger partial charge in [0.2, 0.25) is 0 Å². The number of H-pyrrole nitrogens is 1. The Morgan fingerprint density at radius 2 is 1.47 bits per heavy atom. The summed E-state index contributed by atoms with van der Waals surface area (Å²) in [6, 6.07) is 20.3. The van der Waals surface area contributed by atoms with Gasteiger partial charge in [0.05, 0.1) is 0 Å². The van der Waals surface area contributed by atoms with Crippen molar-refractivity contribution in [1.82, 2.24) is 14.8 Å². The fraction of sp³-hybridized carbons (Fsp3) is 0.208. The van der Waals surface area contributed by atoms with Crippen molar-refractivity contribution in [2.45, 2.75) is 6.92 Å². The number of carbonyl (C=O) groups is 2. The molecule has 30 heavy (non-hydrogen) atoms. The minimum atomic E-state index is -0.401. The third kappa shape index (κ3) is 4.03. The first-order chi connectivity index (χ1) is 14.5. The molecule has 3 aromatic rings. The number of amides is 2. The maximum atomic E-state index is 12.9. The van der Waals surface area contributed by atoms with Crippen LogP contribution in [0.1, 0.15) is 26.3 Å². The summed E-state index contributed by atoms with van der Waals surface area (Å²) in [5, 5.41) is 0. The lowest BCUT2D eigenvalue weighted by atomic mass is 10.1. The maximum absolute atomic E-state index is 12.9. The standard InChI is InChI=1S/C24H23N3O3/c1-17-6-5-9-19(16-17)21-11-10-20(22(28)25-21)24(30)27-14-12-26(13-15-27)23(29)18-7-3-2-4-8-18/h2-11,16H,12-15H2,1H3,(H,25,28). The van der Waals surface area contributed by atoms with Crippen LogP contribution in [0, 0.1) is 6.92 Å². The number of nitrogens with zero attached hydrogens (tertiary/aromatic N) is 2. The topological polar surface area (TPSA) is 73.5 Å². The van der Waals surface area contributed by atoms with Crippen molar-refractivity contribution in [1.29, 1.82) is 0 Å². The van der Waals surface area contributed by atoms with Gasteiger partial charge in [-0.2, -0.15) is 0 Å². The lowest BCUT2D eigenvalue weighted by molar-refractivity contribution is 0.0534. The molecule has 4 rings (SSSR count). The number of hydrogen-bond acceptors (Lipinski definition) is 3. The number of benzene rings is 2. The predicted molar refractivity (Wildman–Crippen MR) is 115 cm³/mol. The maximum Gasteiger partial charge on any atom is 0.261 e. The van der Waals surface area contributed by atoms with Crippen LogP contribution in [-0.4, -0.2) is 52.8 Å². The quantitative estimate of drug-likeness (QED) is 0.733. The normalized spacial score (nSPS) is 13.9. The van der Waals surface area contributed by atoms with Crippen molar-refractivity contribution in [2.24, 2.45) is 0 Å². The van der Waals surface area contributed by atoms with Crippen LogP contribution in [0.4, 0.5) is 0 Å². The minimum absolute atomic E-state index is 0.0388. The SMILES string of the molecule is Cc1cccc(-c2ccc(C(=O)N3CCN(C(=O)c4ccccc4)CC3)c(=O)[nH]2)c1. The van der Waals surface area contributed by atoms with E-state index in [1.807, 2.05) is 49.4 Å². The Morgan fingerprint density at radius 3 is 2.10 bits per heavy atom. The second kappa shape index (κ2) is 8.37. The summed E-state index contributed by atoms with van der Waals surface area (Å²) in [6.07, 6.45) is 0. The largest absolute Gasteiger partial charge is 0.335 e. The molecular weight excluding hydrogens is 378 g/mol. The second-order valence-corrected chi connectivity index (χ2v) is 7.43. The molecule has 0 bridgehead atoms. The fourth-order valence-corrected chi connectivity index (χ4v) is 3.67. The molecule has 0 spiro atoms. The van der Waals surface area contributed by atoms with Crippen molar-refractivity contribution >= 4 is 11.8 Å². The smallest absolute Gasteiger partial charge is 0.261 e. The Balaban J connectivity index is 1.44. The van der Waals surface area contributed by atoms with Crippen LogP contribution in [0.25, 0.3) is 11.3 Å². The molecule has 1 aromatic heterocycles. The number of rotatable bonds is 3. The van der Waals surface area contributed by atoms with Crippen molar-refractivity contribution in [3.63, 3.8) is 0 Å². The van der Waals surface area contributed by atoms with Gasteiger partial charge in [0, 0.05) is 37.4 Å². The van der Waals surface area contributed by atoms with Gasteiger partial charge in [0.15, 0.2) is 0 Å². The summed E-state index contributed by atoms with van der Waals surface area (Å²) in [7, 11) is 0. The second-order valence-electron chi connectivity index (χ2n) is 7.43. The van der Waals surface area contributed by atoms with Gasteiger partial charge in [0.1, 0.15) is 5.56 Å². The summed E-state index contributed by atoms with van der Waals surface area (Å²) in [6.45, 7) is 3.67. The number of piperazine rings is 1. The van der Waals surface area contributed by atoms with Gasteiger partial charge in [-0.05, 0) is 42.8 Å². The molecular formula is C24H23N3O3. The number of aryl methyl sites for hydroxylation is 1. The van der Waals surface area contributed by atoms with Crippen LogP contribution >= 0.6 is 0 Å². The molecule has 2 aromatic carbocycles. The lowest BCUT2D eigenvalue weighted by Crippen LogP contribution is -2.51. The average Bonchev–Trinajstić information content (AvgIpc) is 2.79. The highest BCUT2D eigenvalue weighted by Gasteiger charge is 2.26. The molecule has 0 unspecified atom stereocenters. The molecule has 6 nitrogen and oxygen atoms in total. The molecule has 0 aliphatic carbocycles. The lowest BCUT2D eigenvalue weighted by Gasteiger charge is -2.34. The molecule has 0 saturated carbocycles. The van der Waals surface area contributed by atoms with Crippen LogP contribution in [0.3, 0.4) is 0 Å². The molecule has 2 heterocycles. The summed E-state index contributed by atoms with van der Waals surface area (Å²) in [5.41, 5.74) is 3.03. The van der Waals surface area contributed by atoms with Gasteiger partial charge < -0.3 is 14.8 Å². The van der Waals surface area contributed by atoms with E-state index in [2.05, 4.69) is 4.98 Å². The van der Waals surface area contributed by atoms with Gasteiger partial charge in [-0.25, -0.2) is 0 Å². The van der Waals surface area contributed by atoms with Crippen LogP contribution in [0.5, 0.6) is 0 Å². The highest BCUT2D eigenvalue weighted by atomic mass is 16.2. The molecule has 1 saturated heterocycles. The summed E-state index contributed by atoms with van der Waals surface area (Å²) >= 11 is 0. The molecule has 2 amide bonds. The number of aromatic nitrogens is 1. The van der Waals surface area contributed by atoms with E-state index in [1.165, 1.54) is 0 Å².